The second-order valence-corrected chi connectivity index (χ2v) is 5.93. The Morgan fingerprint density at radius 3 is 2.82 bits per heavy atom. The second-order valence-electron chi connectivity index (χ2n) is 5.93. The van der Waals surface area contributed by atoms with Crippen molar-refractivity contribution in [2.24, 2.45) is 5.92 Å². The highest BCUT2D eigenvalue weighted by Gasteiger charge is 2.22. The van der Waals surface area contributed by atoms with E-state index >= 15 is 0 Å². The fraction of sp³-hybridized carbons (Fsp3) is 0.562. The third-order valence-corrected chi connectivity index (χ3v) is 4.37. The first-order chi connectivity index (χ1) is 10.8. The van der Waals surface area contributed by atoms with Gasteiger partial charge in [-0.15, -0.1) is 0 Å². The van der Waals surface area contributed by atoms with E-state index in [1.54, 1.807) is 4.68 Å². The number of anilines is 1. The summed E-state index contributed by atoms with van der Waals surface area (Å²) in [6, 6.07) is 9.84. The number of nitrogens with one attached hydrogen (secondary N) is 1. The van der Waals surface area contributed by atoms with Gasteiger partial charge >= 0.3 is 0 Å². The zero-order valence-electron chi connectivity index (χ0n) is 12.7. The van der Waals surface area contributed by atoms with E-state index in [1.807, 2.05) is 30.3 Å². The summed E-state index contributed by atoms with van der Waals surface area (Å²) in [4.78, 5) is 0. The highest BCUT2D eigenvalue weighted by Crippen LogP contribution is 2.27. The Bertz CT molecular complexity index is 571. The summed E-state index contributed by atoms with van der Waals surface area (Å²) in [7, 11) is 0. The van der Waals surface area contributed by atoms with Crippen LogP contribution >= 0.6 is 0 Å². The minimum atomic E-state index is -0.108. The average Bonchev–Trinajstić information content (AvgIpc) is 3.02. The molecular formula is C16H23N5O. The van der Waals surface area contributed by atoms with Gasteiger partial charge in [-0.3, -0.25) is 0 Å². The Hall–Kier alpha value is -1.95. The molecule has 3 rings (SSSR count). The summed E-state index contributed by atoms with van der Waals surface area (Å²) in [6.45, 7) is 0.816. The number of para-hydroxylation sites is 1. The van der Waals surface area contributed by atoms with Crippen LogP contribution in [0.2, 0.25) is 0 Å². The SMILES string of the molecule is OC1CCCCC1CCCNc1nnnn1-c1ccccc1. The van der Waals surface area contributed by atoms with Gasteiger partial charge in [0, 0.05) is 6.54 Å². The van der Waals surface area contributed by atoms with E-state index in [2.05, 4.69) is 20.8 Å². The van der Waals surface area contributed by atoms with Crippen molar-refractivity contribution in [1.29, 1.82) is 0 Å². The molecule has 1 aliphatic carbocycles. The third-order valence-electron chi connectivity index (χ3n) is 4.37. The monoisotopic (exact) mass is 301 g/mol. The lowest BCUT2D eigenvalue weighted by Gasteiger charge is -2.27. The molecule has 1 aromatic heterocycles. The lowest BCUT2D eigenvalue weighted by molar-refractivity contribution is 0.0648. The first-order valence-electron chi connectivity index (χ1n) is 8.10. The average molecular weight is 301 g/mol. The van der Waals surface area contributed by atoms with Crippen LogP contribution in [0.4, 0.5) is 5.95 Å². The molecule has 2 unspecified atom stereocenters. The van der Waals surface area contributed by atoms with Crippen LogP contribution in [-0.2, 0) is 0 Å². The summed E-state index contributed by atoms with van der Waals surface area (Å²) in [5, 5.41) is 25.1. The number of rotatable bonds is 6. The van der Waals surface area contributed by atoms with Crippen LogP contribution < -0.4 is 5.32 Å². The van der Waals surface area contributed by atoms with E-state index in [9.17, 15) is 5.11 Å². The smallest absolute Gasteiger partial charge is 0.247 e. The normalized spacial score (nSPS) is 21.7. The van der Waals surface area contributed by atoms with Crippen LogP contribution in [0, 0.1) is 5.92 Å². The molecule has 1 aliphatic rings. The predicted octanol–water partition coefficient (Wildman–Crippen LogP) is 2.41. The van der Waals surface area contributed by atoms with E-state index in [-0.39, 0.29) is 6.10 Å². The van der Waals surface area contributed by atoms with Gasteiger partial charge in [-0.05, 0) is 54.2 Å². The quantitative estimate of drug-likeness (QED) is 0.801. The number of benzene rings is 1. The standard InChI is InChI=1S/C16H23N5O/c22-15-11-5-4-7-13(15)8-6-12-17-16-18-19-20-21(16)14-9-2-1-3-10-14/h1-3,9-10,13,15,22H,4-8,11-12H2,(H,17,18,20). The number of nitrogens with zero attached hydrogens (tertiary/aromatic N) is 4. The van der Waals surface area contributed by atoms with Crippen molar-refractivity contribution in [3.8, 4) is 5.69 Å². The summed E-state index contributed by atoms with van der Waals surface area (Å²) in [6.07, 6.45) is 6.50. The maximum absolute atomic E-state index is 9.99. The topological polar surface area (TPSA) is 75.9 Å². The van der Waals surface area contributed by atoms with Gasteiger partial charge in [-0.25, -0.2) is 0 Å². The molecule has 22 heavy (non-hydrogen) atoms. The maximum atomic E-state index is 9.99. The molecule has 1 fully saturated rings. The predicted molar refractivity (Wildman–Crippen MR) is 84.8 cm³/mol. The van der Waals surface area contributed by atoms with E-state index in [4.69, 9.17) is 0 Å². The molecule has 1 saturated carbocycles. The number of aromatic nitrogens is 4. The molecule has 118 valence electrons. The number of hydrogen-bond donors (Lipinski definition) is 2. The van der Waals surface area contributed by atoms with Gasteiger partial charge in [0.1, 0.15) is 0 Å². The fourth-order valence-electron chi connectivity index (χ4n) is 3.13. The van der Waals surface area contributed by atoms with Gasteiger partial charge in [-0.2, -0.15) is 4.68 Å². The van der Waals surface area contributed by atoms with E-state index < -0.39 is 0 Å². The van der Waals surface area contributed by atoms with Crippen molar-refractivity contribution in [1.82, 2.24) is 20.2 Å². The summed E-state index contributed by atoms with van der Waals surface area (Å²) in [5.74, 6) is 1.12. The molecule has 0 amide bonds. The summed E-state index contributed by atoms with van der Waals surface area (Å²) >= 11 is 0. The number of aliphatic hydroxyl groups is 1. The second kappa shape index (κ2) is 7.35. The molecule has 2 atom stereocenters. The minimum Gasteiger partial charge on any atom is -0.393 e. The Morgan fingerprint density at radius 1 is 1.18 bits per heavy atom. The van der Waals surface area contributed by atoms with Gasteiger partial charge in [0.25, 0.3) is 0 Å². The van der Waals surface area contributed by atoms with Gasteiger partial charge < -0.3 is 10.4 Å². The molecule has 1 aromatic carbocycles. The van der Waals surface area contributed by atoms with Gasteiger partial charge in [-0.1, -0.05) is 36.1 Å². The lowest BCUT2D eigenvalue weighted by Crippen LogP contribution is -2.25. The molecule has 2 aromatic rings. The van der Waals surface area contributed by atoms with Crippen molar-refractivity contribution in [2.45, 2.75) is 44.6 Å². The van der Waals surface area contributed by atoms with Crippen molar-refractivity contribution in [2.75, 3.05) is 11.9 Å². The van der Waals surface area contributed by atoms with Crippen molar-refractivity contribution >= 4 is 5.95 Å². The minimum absolute atomic E-state index is 0.108. The zero-order valence-corrected chi connectivity index (χ0v) is 12.7. The van der Waals surface area contributed by atoms with Gasteiger partial charge in [0.15, 0.2) is 0 Å². The number of hydrogen-bond acceptors (Lipinski definition) is 5. The maximum Gasteiger partial charge on any atom is 0.247 e. The highest BCUT2D eigenvalue weighted by molar-refractivity contribution is 5.38. The molecule has 0 spiro atoms. The van der Waals surface area contributed by atoms with Gasteiger partial charge in [0.2, 0.25) is 5.95 Å². The molecule has 6 nitrogen and oxygen atoms in total. The fourth-order valence-corrected chi connectivity index (χ4v) is 3.13. The van der Waals surface area contributed by atoms with Crippen molar-refractivity contribution in [3.05, 3.63) is 30.3 Å². The third kappa shape index (κ3) is 3.62. The molecule has 0 saturated heterocycles. The molecule has 0 aliphatic heterocycles. The van der Waals surface area contributed by atoms with Crippen LogP contribution in [0.1, 0.15) is 38.5 Å². The molecule has 6 heteroatoms. The molecular weight excluding hydrogens is 278 g/mol. The van der Waals surface area contributed by atoms with Crippen molar-refractivity contribution in [3.63, 3.8) is 0 Å². The first-order valence-corrected chi connectivity index (χ1v) is 8.10. The van der Waals surface area contributed by atoms with E-state index in [1.165, 1.54) is 12.8 Å². The molecule has 0 bridgehead atoms. The van der Waals surface area contributed by atoms with E-state index in [0.717, 1.165) is 37.9 Å². The zero-order chi connectivity index (χ0) is 15.2. The Morgan fingerprint density at radius 2 is 2.00 bits per heavy atom. The van der Waals surface area contributed by atoms with Crippen LogP contribution in [-0.4, -0.2) is 38.0 Å². The summed E-state index contributed by atoms with van der Waals surface area (Å²) < 4.78 is 1.70. The largest absolute Gasteiger partial charge is 0.393 e. The van der Waals surface area contributed by atoms with Gasteiger partial charge in [0.05, 0.1) is 11.8 Å². The first kappa shape index (κ1) is 15.0. The highest BCUT2D eigenvalue weighted by atomic mass is 16.3. The Kier molecular flexibility index (Phi) is 5.00. The molecule has 0 radical (unpaired) electrons. The van der Waals surface area contributed by atoms with Crippen LogP contribution in [0.3, 0.4) is 0 Å². The van der Waals surface area contributed by atoms with Crippen LogP contribution in [0.5, 0.6) is 0 Å². The number of aliphatic hydroxyl groups excluding tert-OH is 1. The van der Waals surface area contributed by atoms with Crippen LogP contribution in [0.15, 0.2) is 30.3 Å². The van der Waals surface area contributed by atoms with E-state index in [0.29, 0.717) is 11.9 Å². The Balaban J connectivity index is 1.49. The summed E-state index contributed by atoms with van der Waals surface area (Å²) in [5.41, 5.74) is 0.942. The molecule has 2 N–H and O–H groups in total. The number of tetrazole rings is 1. The molecule has 1 heterocycles. The Labute approximate surface area is 130 Å². The lowest BCUT2D eigenvalue weighted by atomic mass is 9.83. The van der Waals surface area contributed by atoms with Crippen molar-refractivity contribution < 1.29 is 5.11 Å². The van der Waals surface area contributed by atoms with Crippen LogP contribution in [0.25, 0.3) is 5.69 Å².